The summed E-state index contributed by atoms with van der Waals surface area (Å²) >= 11 is 3.33. The standard InChI is InChI=1S/C12H12BrNO4/c1-7-4-8(12(16)17)11(9(13)5-7)14-2-3-18-6-10(14)15/h4-5H,2-3,6H2,1H3,(H,16,17). The van der Waals surface area contributed by atoms with Gasteiger partial charge in [0.15, 0.2) is 0 Å². The number of nitrogens with zero attached hydrogens (tertiary/aromatic N) is 1. The molecule has 2 rings (SSSR count). The third kappa shape index (κ3) is 2.39. The lowest BCUT2D eigenvalue weighted by molar-refractivity contribution is -0.125. The summed E-state index contributed by atoms with van der Waals surface area (Å²) < 4.78 is 5.65. The Morgan fingerprint density at radius 1 is 1.50 bits per heavy atom. The maximum absolute atomic E-state index is 11.8. The minimum absolute atomic E-state index is 0.0145. The SMILES string of the molecule is Cc1cc(Br)c(N2CCOCC2=O)c(C(=O)O)c1. The molecule has 0 aromatic heterocycles. The molecule has 1 aromatic carbocycles. The van der Waals surface area contributed by atoms with E-state index in [1.807, 2.05) is 6.92 Å². The molecule has 1 aliphatic heterocycles. The largest absolute Gasteiger partial charge is 0.478 e. The number of morpholine rings is 1. The summed E-state index contributed by atoms with van der Waals surface area (Å²) in [6, 6.07) is 3.36. The Kier molecular flexibility index (Phi) is 3.68. The van der Waals surface area contributed by atoms with Gasteiger partial charge in [0.1, 0.15) is 6.61 Å². The quantitative estimate of drug-likeness (QED) is 0.904. The van der Waals surface area contributed by atoms with Gasteiger partial charge in [-0.05, 0) is 40.5 Å². The monoisotopic (exact) mass is 313 g/mol. The van der Waals surface area contributed by atoms with Crippen molar-refractivity contribution in [2.24, 2.45) is 0 Å². The fourth-order valence-electron chi connectivity index (χ4n) is 1.93. The number of aromatic carboxylic acids is 1. The van der Waals surface area contributed by atoms with E-state index in [1.54, 1.807) is 12.1 Å². The van der Waals surface area contributed by atoms with Gasteiger partial charge in [0.2, 0.25) is 0 Å². The van der Waals surface area contributed by atoms with Gasteiger partial charge in [-0.1, -0.05) is 0 Å². The van der Waals surface area contributed by atoms with E-state index in [0.29, 0.717) is 23.3 Å². The lowest BCUT2D eigenvalue weighted by atomic mass is 10.1. The number of carboxylic acids is 1. The normalized spacial score (nSPS) is 15.9. The molecule has 0 atom stereocenters. The average Bonchev–Trinajstić information content (AvgIpc) is 2.29. The van der Waals surface area contributed by atoms with Crippen LogP contribution in [0.15, 0.2) is 16.6 Å². The van der Waals surface area contributed by atoms with Crippen LogP contribution >= 0.6 is 15.9 Å². The fraction of sp³-hybridized carbons (Fsp3) is 0.333. The van der Waals surface area contributed by atoms with E-state index in [0.717, 1.165) is 5.56 Å². The maximum Gasteiger partial charge on any atom is 0.337 e. The zero-order chi connectivity index (χ0) is 13.3. The van der Waals surface area contributed by atoms with E-state index in [1.165, 1.54) is 4.90 Å². The Balaban J connectivity index is 2.54. The van der Waals surface area contributed by atoms with Crippen LogP contribution in [0.4, 0.5) is 5.69 Å². The van der Waals surface area contributed by atoms with Crippen molar-refractivity contribution >= 4 is 33.5 Å². The summed E-state index contributed by atoms with van der Waals surface area (Å²) in [6.07, 6.45) is 0. The number of halogens is 1. The minimum atomic E-state index is -1.05. The van der Waals surface area contributed by atoms with Crippen LogP contribution in [0.3, 0.4) is 0 Å². The number of anilines is 1. The number of aryl methyl sites for hydroxylation is 1. The molecule has 0 radical (unpaired) electrons. The van der Waals surface area contributed by atoms with Crippen LogP contribution in [-0.4, -0.2) is 36.7 Å². The van der Waals surface area contributed by atoms with Crippen LogP contribution in [-0.2, 0) is 9.53 Å². The smallest absolute Gasteiger partial charge is 0.337 e. The second-order valence-electron chi connectivity index (χ2n) is 4.05. The van der Waals surface area contributed by atoms with Crippen molar-refractivity contribution in [1.82, 2.24) is 0 Å². The first-order chi connectivity index (χ1) is 8.50. The van der Waals surface area contributed by atoms with Crippen molar-refractivity contribution in [2.45, 2.75) is 6.92 Å². The molecule has 1 aromatic rings. The van der Waals surface area contributed by atoms with Gasteiger partial charge in [0.25, 0.3) is 5.91 Å². The Hall–Kier alpha value is -1.40. The number of carboxylic acid groups (broad SMARTS) is 1. The fourth-order valence-corrected chi connectivity index (χ4v) is 2.72. The lowest BCUT2D eigenvalue weighted by Gasteiger charge is -2.29. The van der Waals surface area contributed by atoms with Gasteiger partial charge in [-0.3, -0.25) is 4.79 Å². The van der Waals surface area contributed by atoms with Crippen LogP contribution in [0.5, 0.6) is 0 Å². The highest BCUT2D eigenvalue weighted by Gasteiger charge is 2.26. The number of amides is 1. The highest BCUT2D eigenvalue weighted by atomic mass is 79.9. The summed E-state index contributed by atoms with van der Waals surface area (Å²) in [5.41, 5.74) is 1.35. The van der Waals surface area contributed by atoms with Gasteiger partial charge < -0.3 is 14.7 Å². The zero-order valence-corrected chi connectivity index (χ0v) is 11.4. The van der Waals surface area contributed by atoms with Crippen LogP contribution in [0.25, 0.3) is 0 Å². The number of hydrogen-bond donors (Lipinski definition) is 1. The third-order valence-corrected chi connectivity index (χ3v) is 3.30. The minimum Gasteiger partial charge on any atom is -0.478 e. The third-order valence-electron chi connectivity index (χ3n) is 2.69. The molecule has 0 spiro atoms. The molecule has 1 heterocycles. The molecule has 6 heteroatoms. The van der Waals surface area contributed by atoms with Crippen molar-refractivity contribution < 1.29 is 19.4 Å². The van der Waals surface area contributed by atoms with Crippen molar-refractivity contribution in [3.05, 3.63) is 27.7 Å². The maximum atomic E-state index is 11.8. The molecule has 1 amide bonds. The van der Waals surface area contributed by atoms with Gasteiger partial charge in [-0.15, -0.1) is 0 Å². The Bertz CT molecular complexity index is 515. The molecule has 18 heavy (non-hydrogen) atoms. The van der Waals surface area contributed by atoms with E-state index >= 15 is 0 Å². The van der Waals surface area contributed by atoms with E-state index in [9.17, 15) is 14.7 Å². The highest BCUT2D eigenvalue weighted by molar-refractivity contribution is 9.10. The molecule has 1 fully saturated rings. The Morgan fingerprint density at radius 2 is 2.22 bits per heavy atom. The number of rotatable bonds is 2. The molecule has 5 nitrogen and oxygen atoms in total. The van der Waals surface area contributed by atoms with Gasteiger partial charge in [0, 0.05) is 11.0 Å². The molecule has 0 bridgehead atoms. The number of ether oxygens (including phenoxy) is 1. The first kappa shape index (κ1) is 13.0. The predicted molar refractivity (Wildman–Crippen MR) is 69.0 cm³/mol. The van der Waals surface area contributed by atoms with Gasteiger partial charge in [-0.25, -0.2) is 4.79 Å². The molecular weight excluding hydrogens is 302 g/mol. The lowest BCUT2D eigenvalue weighted by Crippen LogP contribution is -2.42. The topological polar surface area (TPSA) is 66.8 Å². The molecule has 0 aliphatic carbocycles. The summed E-state index contributed by atoms with van der Waals surface area (Å²) in [4.78, 5) is 24.5. The van der Waals surface area contributed by atoms with Gasteiger partial charge >= 0.3 is 5.97 Å². The van der Waals surface area contributed by atoms with Crippen LogP contribution < -0.4 is 4.90 Å². The molecular formula is C12H12BrNO4. The summed E-state index contributed by atoms with van der Waals surface area (Å²) in [5, 5.41) is 9.24. The van der Waals surface area contributed by atoms with Crippen molar-refractivity contribution in [2.75, 3.05) is 24.7 Å². The van der Waals surface area contributed by atoms with Crippen molar-refractivity contribution in [3.63, 3.8) is 0 Å². The molecule has 96 valence electrons. The Labute approximate surface area is 112 Å². The van der Waals surface area contributed by atoms with Crippen LogP contribution in [0, 0.1) is 6.92 Å². The molecule has 0 saturated carbocycles. The zero-order valence-electron chi connectivity index (χ0n) is 9.77. The van der Waals surface area contributed by atoms with Crippen molar-refractivity contribution in [1.29, 1.82) is 0 Å². The predicted octanol–water partition coefficient (Wildman–Crippen LogP) is 1.82. The van der Waals surface area contributed by atoms with Crippen molar-refractivity contribution in [3.8, 4) is 0 Å². The molecule has 1 aliphatic rings. The number of hydrogen-bond acceptors (Lipinski definition) is 3. The first-order valence-corrected chi connectivity index (χ1v) is 6.21. The van der Waals surface area contributed by atoms with E-state index in [2.05, 4.69) is 15.9 Å². The average molecular weight is 314 g/mol. The number of carbonyl (C=O) groups is 2. The van der Waals surface area contributed by atoms with Crippen LogP contribution in [0.2, 0.25) is 0 Å². The second kappa shape index (κ2) is 5.07. The van der Waals surface area contributed by atoms with E-state index in [-0.39, 0.29) is 18.1 Å². The first-order valence-electron chi connectivity index (χ1n) is 5.42. The van der Waals surface area contributed by atoms with E-state index < -0.39 is 5.97 Å². The highest BCUT2D eigenvalue weighted by Crippen LogP contribution is 2.32. The summed E-state index contributed by atoms with van der Waals surface area (Å²) in [6.45, 7) is 2.56. The number of carbonyl (C=O) groups excluding carboxylic acids is 1. The Morgan fingerprint density at radius 3 is 2.83 bits per heavy atom. The van der Waals surface area contributed by atoms with Gasteiger partial charge in [0.05, 0.1) is 17.9 Å². The summed E-state index contributed by atoms with van der Waals surface area (Å²) in [7, 11) is 0. The number of benzene rings is 1. The summed E-state index contributed by atoms with van der Waals surface area (Å²) in [5.74, 6) is -1.28. The second-order valence-corrected chi connectivity index (χ2v) is 4.90. The molecule has 1 saturated heterocycles. The van der Waals surface area contributed by atoms with Gasteiger partial charge in [-0.2, -0.15) is 0 Å². The van der Waals surface area contributed by atoms with E-state index in [4.69, 9.17) is 4.74 Å². The van der Waals surface area contributed by atoms with Crippen LogP contribution in [0.1, 0.15) is 15.9 Å². The molecule has 0 unspecified atom stereocenters. The molecule has 1 N–H and O–H groups in total.